The van der Waals surface area contributed by atoms with Crippen LogP contribution in [0.1, 0.15) is 22.7 Å². The predicted octanol–water partition coefficient (Wildman–Crippen LogP) is 4.50. The number of nitrogens with zero attached hydrogens (tertiary/aromatic N) is 2. The molecule has 1 aliphatic rings. The van der Waals surface area contributed by atoms with E-state index in [0.29, 0.717) is 5.56 Å². The van der Waals surface area contributed by atoms with Crippen molar-refractivity contribution in [3.05, 3.63) is 110 Å². The van der Waals surface area contributed by atoms with Gasteiger partial charge in [0, 0.05) is 17.3 Å². The number of aliphatic carboxylic acids is 1. The summed E-state index contributed by atoms with van der Waals surface area (Å²) in [6, 6.07) is 16.8. The van der Waals surface area contributed by atoms with Gasteiger partial charge in [0.1, 0.15) is 10.8 Å². The molecule has 10 heteroatoms. The molecule has 1 unspecified atom stereocenters. The zero-order valence-corrected chi connectivity index (χ0v) is 18.7. The lowest BCUT2D eigenvalue weighted by atomic mass is 9.94. The number of anilines is 1. The number of amides is 1. The van der Waals surface area contributed by atoms with Gasteiger partial charge in [-0.2, -0.15) is 0 Å². The minimum atomic E-state index is -1.20. The number of carboxylic acid groups (broad SMARTS) is 1. The number of nitro benzene ring substituents is 1. The molecule has 35 heavy (non-hydrogen) atoms. The fraction of sp³-hybridized carbons (Fsp3) is 0.0800. The first-order valence-corrected chi connectivity index (χ1v) is 10.7. The number of benzene rings is 3. The van der Waals surface area contributed by atoms with Gasteiger partial charge < -0.3 is 10.2 Å². The number of aliphatic hydroxyl groups excluding tert-OH is 1. The summed E-state index contributed by atoms with van der Waals surface area (Å²) in [5.74, 6) is -3.38. The Kier molecular flexibility index (Phi) is 6.35. The van der Waals surface area contributed by atoms with Crippen molar-refractivity contribution in [1.29, 1.82) is 0 Å². The molecule has 2 N–H and O–H groups in total. The monoisotopic (exact) mass is 492 g/mol. The third-order valence-corrected chi connectivity index (χ3v) is 5.86. The first-order valence-electron chi connectivity index (χ1n) is 10.3. The fourth-order valence-corrected chi connectivity index (χ4v) is 4.14. The quantitative estimate of drug-likeness (QED) is 0.170. The summed E-state index contributed by atoms with van der Waals surface area (Å²) in [6.07, 6.45) is -0.236. The average Bonchev–Trinajstić information content (AvgIpc) is 3.10. The third-order valence-electron chi connectivity index (χ3n) is 5.54. The van der Waals surface area contributed by atoms with E-state index in [1.54, 1.807) is 30.3 Å². The van der Waals surface area contributed by atoms with Gasteiger partial charge in [0.2, 0.25) is 0 Å². The van der Waals surface area contributed by atoms with Crippen LogP contribution in [0.4, 0.5) is 11.4 Å². The number of carbonyl (C=O) groups excluding carboxylic acids is 2. The zero-order chi connectivity index (χ0) is 25.3. The molecular formula is C25H17ClN2O7. The summed E-state index contributed by atoms with van der Waals surface area (Å²) in [5.41, 5.74) is 0.527. The number of rotatable bonds is 6. The van der Waals surface area contributed by atoms with Gasteiger partial charge in [0.25, 0.3) is 17.4 Å². The van der Waals surface area contributed by atoms with Crippen molar-refractivity contribution in [2.45, 2.75) is 12.5 Å². The summed E-state index contributed by atoms with van der Waals surface area (Å²) in [5, 5.41) is 31.4. The van der Waals surface area contributed by atoms with Gasteiger partial charge in [-0.25, -0.2) is 0 Å². The Labute approximate surface area is 203 Å². The number of Topliss-reactive ketones (excluding diaryl/α,β-unsaturated/α-hetero) is 1. The molecule has 3 aromatic rings. The van der Waals surface area contributed by atoms with E-state index in [2.05, 4.69) is 0 Å². The molecule has 176 valence electrons. The molecule has 3 aromatic carbocycles. The molecule has 1 aliphatic heterocycles. The van der Waals surface area contributed by atoms with Gasteiger partial charge in [0.15, 0.2) is 0 Å². The van der Waals surface area contributed by atoms with Gasteiger partial charge in [0.05, 0.1) is 23.0 Å². The summed E-state index contributed by atoms with van der Waals surface area (Å²) in [6.45, 7) is 0. The highest BCUT2D eigenvalue weighted by atomic mass is 35.5. The molecule has 0 radical (unpaired) electrons. The van der Waals surface area contributed by atoms with Crippen molar-refractivity contribution in [2.75, 3.05) is 4.90 Å². The van der Waals surface area contributed by atoms with Gasteiger partial charge in [-0.05, 0) is 29.3 Å². The van der Waals surface area contributed by atoms with Crippen LogP contribution in [0.25, 0.3) is 5.76 Å². The van der Waals surface area contributed by atoms with E-state index < -0.39 is 40.1 Å². The van der Waals surface area contributed by atoms with E-state index >= 15 is 0 Å². The molecule has 1 heterocycles. The molecule has 1 saturated heterocycles. The summed E-state index contributed by atoms with van der Waals surface area (Å²) >= 11 is 5.96. The Hall–Kier alpha value is -4.50. The number of carbonyl (C=O) groups is 3. The maximum Gasteiger partial charge on any atom is 0.307 e. The average molecular weight is 493 g/mol. The number of hydrogen-bond acceptors (Lipinski definition) is 6. The van der Waals surface area contributed by atoms with E-state index in [1.165, 1.54) is 36.4 Å². The minimum absolute atomic E-state index is 0.128. The smallest absolute Gasteiger partial charge is 0.307 e. The lowest BCUT2D eigenvalue weighted by molar-refractivity contribution is -0.384. The molecule has 0 aliphatic carbocycles. The lowest BCUT2D eigenvalue weighted by Crippen LogP contribution is -2.29. The Balaban J connectivity index is 1.92. The lowest BCUT2D eigenvalue weighted by Gasteiger charge is -2.25. The Morgan fingerprint density at radius 2 is 1.66 bits per heavy atom. The number of ketones is 1. The topological polar surface area (TPSA) is 138 Å². The second-order valence-corrected chi connectivity index (χ2v) is 8.15. The molecule has 1 atom stereocenters. The Bertz CT molecular complexity index is 1380. The van der Waals surface area contributed by atoms with Crippen LogP contribution in [0.2, 0.25) is 5.02 Å². The minimum Gasteiger partial charge on any atom is -0.507 e. The van der Waals surface area contributed by atoms with E-state index in [-0.39, 0.29) is 33.8 Å². The molecule has 0 bridgehead atoms. The summed E-state index contributed by atoms with van der Waals surface area (Å²) < 4.78 is 0. The molecule has 1 fully saturated rings. The SMILES string of the molecule is O=C(O)Cc1ccc(N2C(=O)C(=O)/C(=C(/O)c3ccccc3)C2c2ccc(Cl)c([N+](=O)[O-])c2)cc1. The van der Waals surface area contributed by atoms with Crippen LogP contribution in [-0.2, 0) is 20.8 Å². The van der Waals surface area contributed by atoms with Crippen molar-refractivity contribution in [2.24, 2.45) is 0 Å². The van der Waals surface area contributed by atoms with Gasteiger partial charge in [-0.15, -0.1) is 0 Å². The predicted molar refractivity (Wildman–Crippen MR) is 127 cm³/mol. The second-order valence-electron chi connectivity index (χ2n) is 7.74. The molecule has 9 nitrogen and oxygen atoms in total. The van der Waals surface area contributed by atoms with Crippen LogP contribution >= 0.6 is 11.6 Å². The summed E-state index contributed by atoms with van der Waals surface area (Å²) in [7, 11) is 0. The number of nitro groups is 1. The van der Waals surface area contributed by atoms with Crippen LogP contribution < -0.4 is 4.90 Å². The second kappa shape index (κ2) is 9.40. The van der Waals surface area contributed by atoms with Crippen molar-refractivity contribution < 1.29 is 29.5 Å². The Morgan fingerprint density at radius 1 is 1.00 bits per heavy atom. The number of hydrogen-bond donors (Lipinski definition) is 2. The molecular weight excluding hydrogens is 476 g/mol. The van der Waals surface area contributed by atoms with Gasteiger partial charge >= 0.3 is 5.97 Å². The normalized spacial score (nSPS) is 16.9. The highest BCUT2D eigenvalue weighted by Crippen LogP contribution is 2.43. The maximum absolute atomic E-state index is 13.2. The molecule has 0 spiro atoms. The largest absolute Gasteiger partial charge is 0.507 e. The van der Waals surface area contributed by atoms with Crippen LogP contribution in [0, 0.1) is 10.1 Å². The number of aliphatic hydroxyl groups is 1. The maximum atomic E-state index is 13.2. The third kappa shape index (κ3) is 4.49. The van der Waals surface area contributed by atoms with E-state index in [4.69, 9.17) is 16.7 Å². The molecule has 0 saturated carbocycles. The standard InChI is InChI=1S/C25H17ClN2O7/c26-18-11-8-16(13-19(18)28(34)35)22-21(23(31)15-4-2-1-3-5-15)24(32)25(33)27(22)17-9-6-14(7-10-17)12-20(29)30/h1-11,13,22,31H,12H2,(H,29,30)/b23-21+. The van der Waals surface area contributed by atoms with Crippen LogP contribution in [0.3, 0.4) is 0 Å². The van der Waals surface area contributed by atoms with Crippen molar-refractivity contribution in [3.8, 4) is 0 Å². The van der Waals surface area contributed by atoms with E-state index in [1.807, 2.05) is 0 Å². The highest BCUT2D eigenvalue weighted by Gasteiger charge is 2.47. The van der Waals surface area contributed by atoms with Gasteiger partial charge in [-0.1, -0.05) is 60.1 Å². The first kappa shape index (κ1) is 23.7. The van der Waals surface area contributed by atoms with Crippen molar-refractivity contribution in [3.63, 3.8) is 0 Å². The van der Waals surface area contributed by atoms with Crippen LogP contribution in [0.15, 0.2) is 78.4 Å². The highest BCUT2D eigenvalue weighted by molar-refractivity contribution is 6.51. The van der Waals surface area contributed by atoms with Gasteiger partial charge in [-0.3, -0.25) is 29.4 Å². The first-order chi connectivity index (χ1) is 16.7. The van der Waals surface area contributed by atoms with Crippen molar-refractivity contribution >= 4 is 46.4 Å². The summed E-state index contributed by atoms with van der Waals surface area (Å²) in [4.78, 5) is 49.2. The van der Waals surface area contributed by atoms with Crippen LogP contribution in [-0.4, -0.2) is 32.8 Å². The van der Waals surface area contributed by atoms with Crippen LogP contribution in [0.5, 0.6) is 0 Å². The number of halogens is 1. The zero-order valence-electron chi connectivity index (χ0n) is 17.9. The molecule has 1 amide bonds. The molecule has 0 aromatic heterocycles. The Morgan fingerprint density at radius 3 is 2.26 bits per heavy atom. The van der Waals surface area contributed by atoms with E-state index in [9.17, 15) is 29.6 Å². The van der Waals surface area contributed by atoms with Crippen molar-refractivity contribution in [1.82, 2.24) is 0 Å². The van der Waals surface area contributed by atoms with E-state index in [0.717, 1.165) is 11.0 Å². The number of carboxylic acids is 1. The molecule has 4 rings (SSSR count). The fourth-order valence-electron chi connectivity index (χ4n) is 3.95.